The third kappa shape index (κ3) is 9.17. The van der Waals surface area contributed by atoms with E-state index in [0.29, 0.717) is 17.9 Å². The Morgan fingerprint density at radius 2 is 1.64 bits per heavy atom. The van der Waals surface area contributed by atoms with Crippen molar-refractivity contribution >= 4 is 33.2 Å². The van der Waals surface area contributed by atoms with Gasteiger partial charge >= 0.3 is 0 Å². The number of nitro benzene ring substituents is 1. The van der Waals surface area contributed by atoms with Crippen molar-refractivity contribution < 1.29 is 32.4 Å². The number of amides is 2. The van der Waals surface area contributed by atoms with Gasteiger partial charge in [-0.2, -0.15) is 0 Å². The van der Waals surface area contributed by atoms with E-state index < -0.39 is 39.3 Å². The van der Waals surface area contributed by atoms with Gasteiger partial charge in [0.05, 0.1) is 25.4 Å². The van der Waals surface area contributed by atoms with Gasteiger partial charge in [0.1, 0.15) is 29.8 Å². The zero-order valence-corrected chi connectivity index (χ0v) is 26.2. The Kier molecular flexibility index (Phi) is 11.7. The van der Waals surface area contributed by atoms with E-state index >= 15 is 0 Å². The standard InChI is InChI=1S/C31H38N4O8S/c1-22(2)19-32-31(37)28(17-23-10-7-6-8-11-23)33(20-24-12-9-13-26(16-24)42-3)30(36)21-34(44(5,40)41)27-18-25(35(38)39)14-15-29(27)43-4/h6-16,18,22,28H,17,19-21H2,1-5H3,(H,32,37)/t28-/m1/s1. The molecule has 0 spiro atoms. The summed E-state index contributed by atoms with van der Waals surface area (Å²) < 4.78 is 37.6. The lowest BCUT2D eigenvalue weighted by Gasteiger charge is -2.34. The number of hydrogen-bond donors (Lipinski definition) is 1. The average Bonchev–Trinajstić information content (AvgIpc) is 2.99. The first kappa shape index (κ1) is 33.8. The number of ether oxygens (including phenoxy) is 2. The molecular formula is C31H38N4O8S. The molecule has 44 heavy (non-hydrogen) atoms. The van der Waals surface area contributed by atoms with Crippen LogP contribution in [0.2, 0.25) is 0 Å². The number of non-ortho nitro benzene ring substituents is 1. The van der Waals surface area contributed by atoms with E-state index in [1.807, 2.05) is 44.2 Å². The zero-order chi connectivity index (χ0) is 32.4. The normalized spacial score (nSPS) is 11.9. The number of benzene rings is 3. The number of sulfonamides is 1. The van der Waals surface area contributed by atoms with Crippen molar-refractivity contribution in [2.24, 2.45) is 5.92 Å². The molecule has 13 heteroatoms. The van der Waals surface area contributed by atoms with Gasteiger partial charge in [-0.15, -0.1) is 0 Å². The lowest BCUT2D eigenvalue weighted by molar-refractivity contribution is -0.384. The molecule has 0 unspecified atom stereocenters. The minimum atomic E-state index is -4.17. The van der Waals surface area contributed by atoms with E-state index in [1.54, 1.807) is 24.3 Å². The largest absolute Gasteiger partial charge is 0.497 e. The molecule has 3 rings (SSSR count). The van der Waals surface area contributed by atoms with Crippen LogP contribution in [0.25, 0.3) is 0 Å². The Bertz CT molecular complexity index is 1560. The molecule has 0 fully saturated rings. The summed E-state index contributed by atoms with van der Waals surface area (Å²) >= 11 is 0. The molecule has 12 nitrogen and oxygen atoms in total. The van der Waals surface area contributed by atoms with Crippen LogP contribution in [-0.2, 0) is 32.6 Å². The molecule has 0 aromatic heterocycles. The quantitative estimate of drug-likeness (QED) is 0.198. The first-order valence-corrected chi connectivity index (χ1v) is 15.7. The average molecular weight is 627 g/mol. The summed E-state index contributed by atoms with van der Waals surface area (Å²) in [6.07, 6.45) is 1.04. The predicted molar refractivity (Wildman–Crippen MR) is 167 cm³/mol. The summed E-state index contributed by atoms with van der Waals surface area (Å²) in [7, 11) is -1.37. The summed E-state index contributed by atoms with van der Waals surface area (Å²) in [4.78, 5) is 40.2. The van der Waals surface area contributed by atoms with Gasteiger partial charge in [0.15, 0.2) is 0 Å². The molecule has 1 N–H and O–H groups in total. The van der Waals surface area contributed by atoms with Crippen molar-refractivity contribution in [3.05, 3.63) is 94.0 Å². The van der Waals surface area contributed by atoms with Crippen LogP contribution < -0.4 is 19.1 Å². The monoisotopic (exact) mass is 626 g/mol. The number of anilines is 1. The van der Waals surface area contributed by atoms with Crippen LogP contribution >= 0.6 is 0 Å². The minimum absolute atomic E-state index is 0.0173. The molecule has 0 saturated carbocycles. The summed E-state index contributed by atoms with van der Waals surface area (Å²) in [5.41, 5.74) is 0.875. The molecule has 0 aliphatic heterocycles. The summed E-state index contributed by atoms with van der Waals surface area (Å²) in [5, 5.41) is 14.4. The first-order chi connectivity index (χ1) is 20.8. The van der Waals surface area contributed by atoms with Gasteiger partial charge in [-0.3, -0.25) is 24.0 Å². The minimum Gasteiger partial charge on any atom is -0.497 e. The maximum absolute atomic E-state index is 14.3. The van der Waals surface area contributed by atoms with E-state index in [-0.39, 0.29) is 36.0 Å². The van der Waals surface area contributed by atoms with E-state index in [4.69, 9.17) is 9.47 Å². The van der Waals surface area contributed by atoms with Crippen molar-refractivity contribution in [2.45, 2.75) is 32.9 Å². The van der Waals surface area contributed by atoms with Crippen LogP contribution in [0, 0.1) is 16.0 Å². The molecule has 3 aromatic rings. The maximum atomic E-state index is 14.3. The highest BCUT2D eigenvalue weighted by Gasteiger charge is 2.34. The van der Waals surface area contributed by atoms with Crippen LogP contribution in [0.1, 0.15) is 25.0 Å². The number of nitrogens with zero attached hydrogens (tertiary/aromatic N) is 3. The van der Waals surface area contributed by atoms with Gasteiger partial charge in [0.2, 0.25) is 21.8 Å². The lowest BCUT2D eigenvalue weighted by Crippen LogP contribution is -2.53. The molecule has 3 aromatic carbocycles. The molecule has 236 valence electrons. The van der Waals surface area contributed by atoms with Crippen molar-refractivity contribution in [1.82, 2.24) is 10.2 Å². The van der Waals surface area contributed by atoms with Gasteiger partial charge < -0.3 is 19.7 Å². The molecule has 0 aliphatic rings. The van der Waals surface area contributed by atoms with E-state index in [9.17, 15) is 28.1 Å². The Hall–Kier alpha value is -4.65. The Morgan fingerprint density at radius 1 is 0.955 bits per heavy atom. The number of methoxy groups -OCH3 is 2. The second kappa shape index (κ2) is 15.2. The van der Waals surface area contributed by atoms with Crippen LogP contribution in [-0.4, -0.2) is 69.7 Å². The number of carbonyl (C=O) groups excluding carboxylic acids is 2. The lowest BCUT2D eigenvalue weighted by atomic mass is 10.0. The fraction of sp³-hybridized carbons (Fsp3) is 0.355. The van der Waals surface area contributed by atoms with Gasteiger partial charge in [-0.05, 0) is 35.2 Å². The fourth-order valence-electron chi connectivity index (χ4n) is 4.53. The van der Waals surface area contributed by atoms with Crippen LogP contribution in [0.4, 0.5) is 11.4 Å². The van der Waals surface area contributed by atoms with Crippen molar-refractivity contribution in [1.29, 1.82) is 0 Å². The SMILES string of the molecule is COc1cccc(CN(C(=O)CN(c2cc([N+](=O)[O-])ccc2OC)S(C)(=O)=O)[C@H](Cc2ccccc2)C(=O)NCC(C)C)c1. The van der Waals surface area contributed by atoms with Gasteiger partial charge in [0.25, 0.3) is 5.69 Å². The van der Waals surface area contributed by atoms with E-state index in [1.165, 1.54) is 31.3 Å². The highest BCUT2D eigenvalue weighted by molar-refractivity contribution is 7.92. The second-order valence-electron chi connectivity index (χ2n) is 10.6. The van der Waals surface area contributed by atoms with Gasteiger partial charge in [0, 0.05) is 31.6 Å². The Balaban J connectivity index is 2.13. The van der Waals surface area contributed by atoms with Gasteiger partial charge in [-0.1, -0.05) is 56.3 Å². The van der Waals surface area contributed by atoms with Crippen molar-refractivity contribution in [3.8, 4) is 11.5 Å². The topological polar surface area (TPSA) is 148 Å². The Labute approximate surface area is 257 Å². The molecule has 0 heterocycles. The third-order valence-corrected chi connectivity index (χ3v) is 7.89. The first-order valence-electron chi connectivity index (χ1n) is 13.9. The summed E-state index contributed by atoms with van der Waals surface area (Å²) in [6, 6.07) is 18.6. The fourth-order valence-corrected chi connectivity index (χ4v) is 5.37. The van der Waals surface area contributed by atoms with E-state index in [0.717, 1.165) is 22.2 Å². The third-order valence-electron chi connectivity index (χ3n) is 6.76. The number of carbonyl (C=O) groups is 2. The van der Waals surface area contributed by atoms with Crippen LogP contribution in [0.3, 0.4) is 0 Å². The predicted octanol–water partition coefficient (Wildman–Crippen LogP) is 3.79. The summed E-state index contributed by atoms with van der Waals surface area (Å²) in [5.74, 6) is -0.410. The molecule has 0 aliphatic carbocycles. The number of hydrogen-bond acceptors (Lipinski definition) is 8. The summed E-state index contributed by atoms with van der Waals surface area (Å²) in [6.45, 7) is 3.46. The number of rotatable bonds is 15. The molecule has 0 radical (unpaired) electrons. The zero-order valence-electron chi connectivity index (χ0n) is 25.4. The molecule has 2 amide bonds. The second-order valence-corrected chi connectivity index (χ2v) is 12.5. The molecule has 0 bridgehead atoms. The van der Waals surface area contributed by atoms with Crippen LogP contribution in [0.5, 0.6) is 11.5 Å². The van der Waals surface area contributed by atoms with Gasteiger partial charge in [-0.25, -0.2) is 8.42 Å². The smallest absolute Gasteiger partial charge is 0.271 e. The number of nitrogens with one attached hydrogen (secondary N) is 1. The number of nitro groups is 1. The van der Waals surface area contributed by atoms with Crippen molar-refractivity contribution in [3.63, 3.8) is 0 Å². The maximum Gasteiger partial charge on any atom is 0.271 e. The van der Waals surface area contributed by atoms with Crippen LogP contribution in [0.15, 0.2) is 72.8 Å². The molecule has 0 saturated heterocycles. The highest BCUT2D eigenvalue weighted by atomic mass is 32.2. The Morgan fingerprint density at radius 3 is 2.23 bits per heavy atom. The molecule has 1 atom stereocenters. The van der Waals surface area contributed by atoms with E-state index in [2.05, 4.69) is 5.32 Å². The highest BCUT2D eigenvalue weighted by Crippen LogP contribution is 2.34. The molecular weight excluding hydrogens is 588 g/mol. The van der Waals surface area contributed by atoms with Crippen molar-refractivity contribution in [2.75, 3.05) is 37.9 Å².